The molecule has 0 aliphatic heterocycles. The molecular weight excluding hydrogens is 252 g/mol. The molecule has 0 saturated carbocycles. The van der Waals surface area contributed by atoms with Crippen LogP contribution in [0.1, 0.15) is 13.8 Å². The molecule has 4 nitrogen and oxygen atoms in total. The molecule has 1 amide bonds. The largest absolute Gasteiger partial charge is 0.392 e. The number of carbonyl (C=O) groups is 1. The van der Waals surface area contributed by atoms with Gasteiger partial charge in [-0.15, -0.1) is 0 Å². The zero-order chi connectivity index (χ0) is 13.7. The highest BCUT2D eigenvalue weighted by Gasteiger charge is 2.18. The van der Waals surface area contributed by atoms with Crippen molar-refractivity contribution in [1.29, 1.82) is 0 Å². The van der Waals surface area contributed by atoms with Gasteiger partial charge in [0.05, 0.1) is 12.1 Å². The third-order valence-corrected chi connectivity index (χ3v) is 2.96. The van der Waals surface area contributed by atoms with Crippen LogP contribution in [0.25, 0.3) is 0 Å². The minimum atomic E-state index is -0.458. The molecule has 0 heterocycles. The van der Waals surface area contributed by atoms with Crippen molar-refractivity contribution >= 4 is 23.2 Å². The Hall–Kier alpha value is -1.10. The molecule has 100 valence electrons. The Morgan fingerprint density at radius 1 is 1.39 bits per heavy atom. The number of benzene rings is 1. The Balaban J connectivity index is 2.56. The molecule has 0 aliphatic rings. The van der Waals surface area contributed by atoms with E-state index in [1.807, 2.05) is 0 Å². The predicted octanol–water partition coefficient (Wildman–Crippen LogP) is 1.98. The predicted molar refractivity (Wildman–Crippen MR) is 73.9 cm³/mol. The standard InChI is InChI=1S/C13H19ClN2O2/c1-9(17)8-16(3)10(2)13(18)15-12-6-4-11(14)5-7-12/h4-7,9-10,17H,8H2,1-3H3,(H,15,18)/t9-,10-/m1/s1. The van der Waals surface area contributed by atoms with Crippen LogP contribution < -0.4 is 5.32 Å². The first kappa shape index (κ1) is 15.0. The van der Waals surface area contributed by atoms with Gasteiger partial charge in [0.1, 0.15) is 0 Å². The van der Waals surface area contributed by atoms with Crippen LogP contribution in [0.15, 0.2) is 24.3 Å². The first-order valence-electron chi connectivity index (χ1n) is 5.85. The number of anilines is 1. The third kappa shape index (κ3) is 4.64. The number of amides is 1. The van der Waals surface area contributed by atoms with Crippen molar-refractivity contribution in [3.05, 3.63) is 29.3 Å². The van der Waals surface area contributed by atoms with E-state index >= 15 is 0 Å². The van der Waals surface area contributed by atoms with Gasteiger partial charge in [-0.1, -0.05) is 11.6 Å². The van der Waals surface area contributed by atoms with Gasteiger partial charge >= 0.3 is 0 Å². The van der Waals surface area contributed by atoms with Gasteiger partial charge < -0.3 is 10.4 Å². The van der Waals surface area contributed by atoms with Crippen LogP contribution in [-0.2, 0) is 4.79 Å². The summed E-state index contributed by atoms with van der Waals surface area (Å²) in [4.78, 5) is 13.8. The SMILES string of the molecule is C[C@H](C(=O)Nc1ccc(Cl)cc1)N(C)C[C@@H](C)O. The lowest BCUT2D eigenvalue weighted by molar-refractivity contribution is -0.120. The van der Waals surface area contributed by atoms with Crippen LogP contribution in [0.5, 0.6) is 0 Å². The van der Waals surface area contributed by atoms with Crippen molar-refractivity contribution in [3.63, 3.8) is 0 Å². The summed E-state index contributed by atoms with van der Waals surface area (Å²) < 4.78 is 0. The molecule has 0 bridgehead atoms. The summed E-state index contributed by atoms with van der Waals surface area (Å²) in [6, 6.07) is 6.64. The van der Waals surface area contributed by atoms with Crippen molar-refractivity contribution in [2.24, 2.45) is 0 Å². The highest BCUT2D eigenvalue weighted by atomic mass is 35.5. The average Bonchev–Trinajstić information content (AvgIpc) is 2.30. The lowest BCUT2D eigenvalue weighted by Crippen LogP contribution is -2.42. The van der Waals surface area contributed by atoms with Crippen molar-refractivity contribution < 1.29 is 9.90 Å². The van der Waals surface area contributed by atoms with Gasteiger partial charge in [0.25, 0.3) is 0 Å². The number of hydrogen-bond acceptors (Lipinski definition) is 3. The summed E-state index contributed by atoms with van der Waals surface area (Å²) in [5, 5.41) is 12.7. The molecule has 0 aliphatic carbocycles. The molecule has 2 atom stereocenters. The van der Waals surface area contributed by atoms with E-state index in [9.17, 15) is 9.90 Å². The lowest BCUT2D eigenvalue weighted by Gasteiger charge is -2.24. The third-order valence-electron chi connectivity index (χ3n) is 2.70. The van der Waals surface area contributed by atoms with Crippen molar-refractivity contribution in [2.45, 2.75) is 26.0 Å². The quantitative estimate of drug-likeness (QED) is 0.860. The minimum absolute atomic E-state index is 0.111. The molecule has 1 aromatic carbocycles. The van der Waals surface area contributed by atoms with Crippen LogP contribution in [0.3, 0.4) is 0 Å². The van der Waals surface area contributed by atoms with E-state index in [1.165, 1.54) is 0 Å². The molecule has 1 rings (SSSR count). The van der Waals surface area contributed by atoms with Crippen molar-refractivity contribution in [2.75, 3.05) is 18.9 Å². The number of likely N-dealkylation sites (N-methyl/N-ethyl adjacent to an activating group) is 1. The number of nitrogens with one attached hydrogen (secondary N) is 1. The number of halogens is 1. The van der Waals surface area contributed by atoms with Gasteiger partial charge in [-0.25, -0.2) is 0 Å². The van der Waals surface area contributed by atoms with E-state index in [2.05, 4.69) is 5.32 Å². The highest BCUT2D eigenvalue weighted by molar-refractivity contribution is 6.30. The molecule has 2 N–H and O–H groups in total. The Bertz CT molecular complexity index is 392. The molecule has 0 spiro atoms. The number of carbonyl (C=O) groups excluding carboxylic acids is 1. The van der Waals surface area contributed by atoms with Gasteiger partial charge in [0, 0.05) is 17.3 Å². The van der Waals surface area contributed by atoms with Crippen LogP contribution in [0.4, 0.5) is 5.69 Å². The molecule has 1 aromatic rings. The lowest BCUT2D eigenvalue weighted by atomic mass is 10.2. The van der Waals surface area contributed by atoms with Gasteiger partial charge in [0.15, 0.2) is 0 Å². The summed E-state index contributed by atoms with van der Waals surface area (Å²) in [5.41, 5.74) is 0.710. The number of nitrogens with zero attached hydrogens (tertiary/aromatic N) is 1. The zero-order valence-corrected chi connectivity index (χ0v) is 11.6. The second kappa shape index (κ2) is 6.73. The Kier molecular flexibility index (Phi) is 5.59. The van der Waals surface area contributed by atoms with E-state index in [1.54, 1.807) is 50.1 Å². The molecule has 0 saturated heterocycles. The summed E-state index contributed by atoms with van der Waals surface area (Å²) in [6.07, 6.45) is -0.458. The zero-order valence-electron chi connectivity index (χ0n) is 10.9. The van der Waals surface area contributed by atoms with Crippen molar-refractivity contribution in [1.82, 2.24) is 4.90 Å². The maximum atomic E-state index is 12.0. The van der Waals surface area contributed by atoms with E-state index in [4.69, 9.17) is 11.6 Å². The fraction of sp³-hybridized carbons (Fsp3) is 0.462. The number of aliphatic hydroxyl groups excluding tert-OH is 1. The fourth-order valence-corrected chi connectivity index (χ4v) is 1.68. The molecular formula is C13H19ClN2O2. The Labute approximate surface area is 113 Å². The minimum Gasteiger partial charge on any atom is -0.392 e. The van der Waals surface area contributed by atoms with Crippen LogP contribution in [0.2, 0.25) is 5.02 Å². The first-order valence-corrected chi connectivity index (χ1v) is 6.22. The maximum absolute atomic E-state index is 12.0. The maximum Gasteiger partial charge on any atom is 0.241 e. The van der Waals surface area contributed by atoms with Gasteiger partial charge in [-0.2, -0.15) is 0 Å². The summed E-state index contributed by atoms with van der Waals surface area (Å²) >= 11 is 5.77. The monoisotopic (exact) mass is 270 g/mol. The van der Waals surface area contributed by atoms with Crippen LogP contribution in [-0.4, -0.2) is 41.7 Å². The Morgan fingerprint density at radius 2 is 1.94 bits per heavy atom. The van der Waals surface area contributed by atoms with E-state index < -0.39 is 6.10 Å². The highest BCUT2D eigenvalue weighted by Crippen LogP contribution is 2.14. The van der Waals surface area contributed by atoms with E-state index in [-0.39, 0.29) is 11.9 Å². The van der Waals surface area contributed by atoms with E-state index in [0.29, 0.717) is 17.3 Å². The van der Waals surface area contributed by atoms with Crippen LogP contribution in [0, 0.1) is 0 Å². The fourth-order valence-electron chi connectivity index (χ4n) is 1.55. The molecule has 0 aromatic heterocycles. The molecule has 0 radical (unpaired) electrons. The molecule has 0 unspecified atom stereocenters. The van der Waals surface area contributed by atoms with Gasteiger partial charge in [-0.05, 0) is 45.2 Å². The number of hydrogen-bond donors (Lipinski definition) is 2. The first-order chi connectivity index (χ1) is 8.40. The molecule has 18 heavy (non-hydrogen) atoms. The van der Waals surface area contributed by atoms with Gasteiger partial charge in [0.2, 0.25) is 5.91 Å². The van der Waals surface area contributed by atoms with Crippen molar-refractivity contribution in [3.8, 4) is 0 Å². The van der Waals surface area contributed by atoms with E-state index in [0.717, 1.165) is 0 Å². The Morgan fingerprint density at radius 3 is 2.44 bits per heavy atom. The second-order valence-corrected chi connectivity index (χ2v) is 4.90. The van der Waals surface area contributed by atoms with Crippen LogP contribution >= 0.6 is 11.6 Å². The number of aliphatic hydroxyl groups is 1. The second-order valence-electron chi connectivity index (χ2n) is 4.46. The number of rotatable bonds is 5. The molecule has 0 fully saturated rings. The average molecular weight is 271 g/mol. The summed E-state index contributed by atoms with van der Waals surface area (Å²) in [6.45, 7) is 3.95. The smallest absolute Gasteiger partial charge is 0.241 e. The summed E-state index contributed by atoms with van der Waals surface area (Å²) in [7, 11) is 1.80. The van der Waals surface area contributed by atoms with Gasteiger partial charge in [-0.3, -0.25) is 9.69 Å². The normalized spacial score (nSPS) is 14.3. The molecule has 5 heteroatoms. The topological polar surface area (TPSA) is 52.6 Å². The summed E-state index contributed by atoms with van der Waals surface area (Å²) in [5.74, 6) is -0.111.